The van der Waals surface area contributed by atoms with Crippen LogP contribution in [0.3, 0.4) is 0 Å². The van der Waals surface area contributed by atoms with E-state index in [1.54, 1.807) is 12.1 Å². The van der Waals surface area contributed by atoms with Crippen molar-refractivity contribution >= 4 is 11.7 Å². The number of piperidine rings is 1. The van der Waals surface area contributed by atoms with Crippen LogP contribution in [0.5, 0.6) is 0 Å². The summed E-state index contributed by atoms with van der Waals surface area (Å²) in [5.41, 5.74) is 11.1. The maximum Gasteiger partial charge on any atom is 0.269 e. The highest BCUT2D eigenvalue weighted by molar-refractivity contribution is 5.90. The fourth-order valence-corrected chi connectivity index (χ4v) is 2.39. The van der Waals surface area contributed by atoms with E-state index in [-0.39, 0.29) is 5.69 Å². The van der Waals surface area contributed by atoms with E-state index >= 15 is 0 Å². The molecule has 2 heterocycles. The largest absolute Gasteiger partial charge is 0.364 e. The minimum atomic E-state index is -0.559. The Hall–Kier alpha value is -1.69. The lowest BCUT2D eigenvalue weighted by Crippen LogP contribution is -2.46. The van der Waals surface area contributed by atoms with Gasteiger partial charge in [-0.05, 0) is 30.9 Å². The molecule has 0 spiro atoms. The van der Waals surface area contributed by atoms with Crippen LogP contribution in [-0.4, -0.2) is 35.2 Å². The molecule has 0 aromatic carbocycles. The summed E-state index contributed by atoms with van der Waals surface area (Å²) in [6.07, 6.45) is 2.19. The van der Waals surface area contributed by atoms with Gasteiger partial charge in [0.1, 0.15) is 0 Å². The summed E-state index contributed by atoms with van der Waals surface area (Å²) in [6, 6.07) is 3.68. The van der Waals surface area contributed by atoms with Crippen molar-refractivity contribution in [3.8, 4) is 0 Å². The molecule has 2 rings (SSSR count). The number of hydrogen-bond acceptors (Lipinski definition) is 5. The summed E-state index contributed by atoms with van der Waals surface area (Å²) in [5.74, 6) is 0.895. The number of nitrogens with two attached hydrogens (primary N) is 2. The Bertz CT molecular complexity index is 419. The lowest BCUT2D eigenvalue weighted by atomic mass is 9.92. The van der Waals surface area contributed by atoms with Crippen LogP contribution < -0.4 is 16.4 Å². The highest BCUT2D eigenvalue weighted by atomic mass is 16.1. The first-order chi connectivity index (χ1) is 8.61. The zero-order valence-corrected chi connectivity index (χ0v) is 10.5. The lowest BCUT2D eigenvalue weighted by Gasteiger charge is -2.38. The van der Waals surface area contributed by atoms with Gasteiger partial charge in [-0.3, -0.25) is 4.79 Å². The number of rotatable bonds is 3. The van der Waals surface area contributed by atoms with Crippen LogP contribution in [0, 0.1) is 5.92 Å². The summed E-state index contributed by atoms with van der Waals surface area (Å²) < 4.78 is 0. The first-order valence-corrected chi connectivity index (χ1v) is 6.22. The van der Waals surface area contributed by atoms with Crippen molar-refractivity contribution in [2.45, 2.75) is 25.8 Å². The maximum absolute atomic E-state index is 10.9. The molecule has 0 aliphatic carbocycles. The molecule has 18 heavy (non-hydrogen) atoms. The van der Waals surface area contributed by atoms with Crippen LogP contribution in [0.15, 0.2) is 12.1 Å². The molecular formula is C12H19N5O. The number of primary amides is 1. The van der Waals surface area contributed by atoms with Gasteiger partial charge in [0.15, 0.2) is 11.5 Å². The predicted octanol–water partition coefficient (Wildman–Crippen LogP) is 0.139. The summed E-state index contributed by atoms with van der Waals surface area (Å²) in [7, 11) is 0. The van der Waals surface area contributed by atoms with Gasteiger partial charge in [-0.15, -0.1) is 10.2 Å². The van der Waals surface area contributed by atoms with E-state index in [1.165, 1.54) is 0 Å². The van der Waals surface area contributed by atoms with E-state index in [1.807, 2.05) is 0 Å². The summed E-state index contributed by atoms with van der Waals surface area (Å²) in [5, 5.41) is 7.90. The minimum absolute atomic E-state index is 0.188. The molecule has 6 heteroatoms. The normalized spacial score (nSPS) is 24.0. The molecule has 0 bridgehead atoms. The molecule has 2 atom stereocenters. The van der Waals surface area contributed by atoms with E-state index in [2.05, 4.69) is 22.0 Å². The van der Waals surface area contributed by atoms with Crippen LogP contribution in [-0.2, 0) is 0 Å². The fourth-order valence-electron chi connectivity index (χ4n) is 2.39. The lowest BCUT2D eigenvalue weighted by molar-refractivity contribution is 0.0994. The number of hydrogen-bond donors (Lipinski definition) is 2. The monoisotopic (exact) mass is 249 g/mol. The molecule has 0 saturated carbocycles. The third-order valence-corrected chi connectivity index (χ3v) is 3.45. The molecule has 98 valence electrons. The maximum atomic E-state index is 10.9. The van der Waals surface area contributed by atoms with Crippen molar-refractivity contribution in [2.24, 2.45) is 17.4 Å². The Balaban J connectivity index is 2.17. The van der Waals surface area contributed by atoms with E-state index in [9.17, 15) is 4.79 Å². The van der Waals surface area contributed by atoms with Crippen LogP contribution in [0.1, 0.15) is 30.3 Å². The van der Waals surface area contributed by atoms with E-state index in [4.69, 9.17) is 11.5 Å². The topological polar surface area (TPSA) is 98.1 Å². The van der Waals surface area contributed by atoms with Crippen LogP contribution >= 0.6 is 0 Å². The second kappa shape index (κ2) is 5.30. The average Bonchev–Trinajstić information content (AvgIpc) is 2.38. The Labute approximate surface area is 106 Å². The molecule has 1 saturated heterocycles. The average molecular weight is 249 g/mol. The Kier molecular flexibility index (Phi) is 3.76. The van der Waals surface area contributed by atoms with Crippen molar-refractivity contribution in [3.05, 3.63) is 17.8 Å². The molecule has 1 aliphatic rings. The second-order valence-electron chi connectivity index (χ2n) is 4.85. The fraction of sp³-hybridized carbons (Fsp3) is 0.583. The zero-order valence-electron chi connectivity index (χ0n) is 10.5. The molecule has 1 aromatic heterocycles. The smallest absolute Gasteiger partial charge is 0.269 e. The molecule has 1 aliphatic heterocycles. The highest BCUT2D eigenvalue weighted by Crippen LogP contribution is 2.25. The van der Waals surface area contributed by atoms with E-state index in [0.717, 1.165) is 25.2 Å². The first kappa shape index (κ1) is 12.8. The van der Waals surface area contributed by atoms with Gasteiger partial charge in [-0.2, -0.15) is 0 Å². The van der Waals surface area contributed by atoms with Crippen LogP contribution in [0.2, 0.25) is 0 Å². The first-order valence-electron chi connectivity index (χ1n) is 6.22. The van der Waals surface area contributed by atoms with Crippen molar-refractivity contribution < 1.29 is 4.79 Å². The Morgan fingerprint density at radius 3 is 2.83 bits per heavy atom. The summed E-state index contributed by atoms with van der Waals surface area (Å²) in [6.45, 7) is 3.76. The van der Waals surface area contributed by atoms with E-state index < -0.39 is 5.91 Å². The molecule has 6 nitrogen and oxygen atoms in total. The molecule has 4 N–H and O–H groups in total. The molecule has 2 unspecified atom stereocenters. The number of aromatic nitrogens is 2. The summed E-state index contributed by atoms with van der Waals surface area (Å²) in [4.78, 5) is 13.1. The van der Waals surface area contributed by atoms with Gasteiger partial charge in [-0.1, -0.05) is 6.92 Å². The Morgan fingerprint density at radius 2 is 2.28 bits per heavy atom. The molecular weight excluding hydrogens is 230 g/mol. The number of nitrogens with zero attached hydrogens (tertiary/aromatic N) is 3. The van der Waals surface area contributed by atoms with Crippen LogP contribution in [0.25, 0.3) is 0 Å². The minimum Gasteiger partial charge on any atom is -0.364 e. The van der Waals surface area contributed by atoms with Crippen molar-refractivity contribution in [2.75, 3.05) is 18.0 Å². The number of anilines is 1. The number of carbonyl (C=O) groups is 1. The molecule has 1 amide bonds. The molecule has 0 radical (unpaired) electrons. The third kappa shape index (κ3) is 2.59. The third-order valence-electron chi connectivity index (χ3n) is 3.45. The van der Waals surface area contributed by atoms with Gasteiger partial charge < -0.3 is 16.4 Å². The molecule has 1 aromatic rings. The standard InChI is InChI=1S/C12H19N5O/c1-8-4-5-17(9(6-8)7-13)11-3-2-10(12(14)18)15-16-11/h2-3,8-9H,4-7,13H2,1H3,(H2,14,18). The summed E-state index contributed by atoms with van der Waals surface area (Å²) >= 11 is 0. The van der Waals surface area contributed by atoms with Gasteiger partial charge in [0, 0.05) is 19.1 Å². The van der Waals surface area contributed by atoms with Crippen molar-refractivity contribution in [3.63, 3.8) is 0 Å². The van der Waals surface area contributed by atoms with Gasteiger partial charge in [-0.25, -0.2) is 0 Å². The quantitative estimate of drug-likeness (QED) is 0.794. The highest BCUT2D eigenvalue weighted by Gasteiger charge is 2.26. The van der Waals surface area contributed by atoms with Crippen molar-refractivity contribution in [1.82, 2.24) is 10.2 Å². The Morgan fingerprint density at radius 1 is 1.50 bits per heavy atom. The second-order valence-corrected chi connectivity index (χ2v) is 4.85. The van der Waals surface area contributed by atoms with Crippen molar-refractivity contribution in [1.29, 1.82) is 0 Å². The number of carbonyl (C=O) groups excluding carboxylic acids is 1. The predicted molar refractivity (Wildman–Crippen MR) is 69.1 cm³/mol. The van der Waals surface area contributed by atoms with Gasteiger partial charge in [0.05, 0.1) is 0 Å². The molecule has 1 fully saturated rings. The van der Waals surface area contributed by atoms with E-state index in [0.29, 0.717) is 18.5 Å². The van der Waals surface area contributed by atoms with Gasteiger partial charge >= 0.3 is 0 Å². The van der Waals surface area contributed by atoms with Crippen LogP contribution in [0.4, 0.5) is 5.82 Å². The van der Waals surface area contributed by atoms with Gasteiger partial charge in [0.2, 0.25) is 0 Å². The SMILES string of the molecule is CC1CCN(c2ccc(C(N)=O)nn2)C(CN)C1. The van der Waals surface area contributed by atoms with Gasteiger partial charge in [0.25, 0.3) is 5.91 Å². The number of amides is 1. The zero-order chi connectivity index (χ0) is 13.1.